The van der Waals surface area contributed by atoms with Gasteiger partial charge >= 0.3 is 0 Å². The highest BCUT2D eigenvalue weighted by atomic mass is 16.3. The third kappa shape index (κ3) is 3.92. The zero-order valence-corrected chi connectivity index (χ0v) is 12.2. The summed E-state index contributed by atoms with van der Waals surface area (Å²) in [5, 5.41) is 17.5. The molecule has 0 saturated heterocycles. The van der Waals surface area contributed by atoms with Crippen LogP contribution in [0.2, 0.25) is 0 Å². The average Bonchev–Trinajstić information content (AvgIpc) is 2.85. The summed E-state index contributed by atoms with van der Waals surface area (Å²) in [6.07, 6.45) is 3.44. The fraction of sp³-hybridized carbons (Fsp3) is 0.438. The van der Waals surface area contributed by atoms with Crippen molar-refractivity contribution in [3.8, 4) is 11.3 Å². The third-order valence-electron chi connectivity index (χ3n) is 3.39. The maximum atomic E-state index is 9.54. The molecule has 4 nitrogen and oxygen atoms in total. The molecule has 2 aromatic rings. The van der Waals surface area contributed by atoms with Gasteiger partial charge in [-0.25, -0.2) is 0 Å². The van der Waals surface area contributed by atoms with E-state index in [0.29, 0.717) is 0 Å². The molecule has 1 aromatic carbocycles. The van der Waals surface area contributed by atoms with E-state index in [4.69, 9.17) is 0 Å². The van der Waals surface area contributed by atoms with Crippen LogP contribution in [0.5, 0.6) is 0 Å². The molecule has 0 aliphatic rings. The fourth-order valence-corrected chi connectivity index (χ4v) is 2.20. The molecular formula is C16H23N3O. The van der Waals surface area contributed by atoms with Gasteiger partial charge in [0, 0.05) is 30.9 Å². The quantitative estimate of drug-likeness (QED) is 0.761. The van der Waals surface area contributed by atoms with E-state index in [9.17, 15) is 5.11 Å². The minimum Gasteiger partial charge on any atom is -0.393 e. The summed E-state index contributed by atoms with van der Waals surface area (Å²) in [7, 11) is 1.94. The Balaban J connectivity index is 1.98. The van der Waals surface area contributed by atoms with Crippen molar-refractivity contribution in [3.05, 3.63) is 42.1 Å². The standard InChI is InChI=1S/C16H23N3O/c1-3-15(20)9-10-17-11-14-12-19(2)18-16(14)13-7-5-4-6-8-13/h4-8,12,15,17,20H,3,9-11H2,1-2H3. The van der Waals surface area contributed by atoms with Crippen molar-refractivity contribution in [3.63, 3.8) is 0 Å². The van der Waals surface area contributed by atoms with Crippen molar-refractivity contribution in [1.82, 2.24) is 15.1 Å². The van der Waals surface area contributed by atoms with Gasteiger partial charge in [-0.3, -0.25) is 4.68 Å². The van der Waals surface area contributed by atoms with Gasteiger partial charge in [0.25, 0.3) is 0 Å². The Kier molecular flexibility index (Phi) is 5.32. The van der Waals surface area contributed by atoms with Gasteiger partial charge in [-0.15, -0.1) is 0 Å². The van der Waals surface area contributed by atoms with Crippen LogP contribution in [0.3, 0.4) is 0 Å². The Hall–Kier alpha value is -1.65. The first-order chi connectivity index (χ1) is 9.70. The predicted octanol–water partition coefficient (Wildman–Crippen LogP) is 2.34. The van der Waals surface area contributed by atoms with Crippen LogP contribution in [-0.4, -0.2) is 27.5 Å². The van der Waals surface area contributed by atoms with Gasteiger partial charge in [-0.1, -0.05) is 37.3 Å². The van der Waals surface area contributed by atoms with Crippen LogP contribution < -0.4 is 5.32 Å². The average molecular weight is 273 g/mol. The molecule has 2 N–H and O–H groups in total. The number of benzene rings is 1. The Bertz CT molecular complexity index is 522. The number of nitrogens with zero attached hydrogens (tertiary/aromatic N) is 2. The van der Waals surface area contributed by atoms with E-state index in [1.54, 1.807) is 0 Å². The van der Waals surface area contributed by atoms with Crippen LogP contribution in [0.25, 0.3) is 11.3 Å². The first kappa shape index (κ1) is 14.8. The number of hydrogen-bond acceptors (Lipinski definition) is 3. The van der Waals surface area contributed by atoms with Crippen LogP contribution in [0.4, 0.5) is 0 Å². The Morgan fingerprint density at radius 1 is 1.30 bits per heavy atom. The van der Waals surface area contributed by atoms with Crippen LogP contribution in [0, 0.1) is 0 Å². The molecule has 20 heavy (non-hydrogen) atoms. The molecule has 1 atom stereocenters. The van der Waals surface area contributed by atoms with E-state index in [-0.39, 0.29) is 6.10 Å². The highest BCUT2D eigenvalue weighted by Crippen LogP contribution is 2.21. The number of aromatic nitrogens is 2. The smallest absolute Gasteiger partial charge is 0.0967 e. The molecule has 0 amide bonds. The van der Waals surface area contributed by atoms with Crippen molar-refractivity contribution >= 4 is 0 Å². The third-order valence-corrected chi connectivity index (χ3v) is 3.39. The zero-order valence-electron chi connectivity index (χ0n) is 12.2. The molecule has 1 heterocycles. The van der Waals surface area contributed by atoms with E-state index in [1.807, 2.05) is 43.0 Å². The van der Waals surface area contributed by atoms with E-state index in [1.165, 1.54) is 5.56 Å². The molecule has 0 aliphatic heterocycles. The van der Waals surface area contributed by atoms with Crippen molar-refractivity contribution in [2.24, 2.45) is 7.05 Å². The Labute approximate surface area is 120 Å². The zero-order chi connectivity index (χ0) is 14.4. The summed E-state index contributed by atoms with van der Waals surface area (Å²) in [6.45, 7) is 3.59. The van der Waals surface area contributed by atoms with Gasteiger partial charge in [0.05, 0.1) is 11.8 Å². The lowest BCUT2D eigenvalue weighted by atomic mass is 10.1. The monoisotopic (exact) mass is 273 g/mol. The molecule has 0 fully saturated rings. The molecular weight excluding hydrogens is 250 g/mol. The lowest BCUT2D eigenvalue weighted by Crippen LogP contribution is -2.19. The van der Waals surface area contributed by atoms with E-state index < -0.39 is 0 Å². The molecule has 2 rings (SSSR count). The first-order valence-corrected chi connectivity index (χ1v) is 7.17. The highest BCUT2D eigenvalue weighted by molar-refractivity contribution is 5.62. The second kappa shape index (κ2) is 7.22. The second-order valence-corrected chi connectivity index (χ2v) is 5.07. The van der Waals surface area contributed by atoms with E-state index in [2.05, 4.69) is 22.5 Å². The first-order valence-electron chi connectivity index (χ1n) is 7.17. The molecule has 0 bridgehead atoms. The molecule has 1 aromatic heterocycles. The van der Waals surface area contributed by atoms with Gasteiger partial charge in [0.2, 0.25) is 0 Å². The molecule has 0 spiro atoms. The van der Waals surface area contributed by atoms with Crippen molar-refractivity contribution in [2.75, 3.05) is 6.54 Å². The topological polar surface area (TPSA) is 50.1 Å². The summed E-state index contributed by atoms with van der Waals surface area (Å²) in [6, 6.07) is 10.2. The van der Waals surface area contributed by atoms with Crippen LogP contribution in [0.1, 0.15) is 25.3 Å². The number of aliphatic hydroxyl groups excluding tert-OH is 1. The summed E-state index contributed by atoms with van der Waals surface area (Å²) in [5.41, 5.74) is 3.35. The van der Waals surface area contributed by atoms with Gasteiger partial charge in [0.15, 0.2) is 0 Å². The normalized spacial score (nSPS) is 12.6. The Morgan fingerprint density at radius 2 is 2.05 bits per heavy atom. The number of aryl methyl sites for hydroxylation is 1. The van der Waals surface area contributed by atoms with Gasteiger partial charge in [-0.2, -0.15) is 5.10 Å². The maximum absolute atomic E-state index is 9.54. The van der Waals surface area contributed by atoms with Gasteiger partial charge in [0.1, 0.15) is 0 Å². The molecule has 108 valence electrons. The number of rotatable bonds is 7. The number of nitrogens with one attached hydrogen (secondary N) is 1. The second-order valence-electron chi connectivity index (χ2n) is 5.07. The fourth-order valence-electron chi connectivity index (χ4n) is 2.20. The molecule has 4 heteroatoms. The highest BCUT2D eigenvalue weighted by Gasteiger charge is 2.09. The van der Waals surface area contributed by atoms with Crippen LogP contribution in [-0.2, 0) is 13.6 Å². The maximum Gasteiger partial charge on any atom is 0.0967 e. The summed E-state index contributed by atoms with van der Waals surface area (Å²) < 4.78 is 1.85. The SMILES string of the molecule is CCC(O)CCNCc1cn(C)nc1-c1ccccc1. The number of aliphatic hydroxyl groups is 1. The molecule has 1 unspecified atom stereocenters. The largest absolute Gasteiger partial charge is 0.393 e. The summed E-state index contributed by atoms with van der Waals surface area (Å²) >= 11 is 0. The van der Waals surface area contributed by atoms with Gasteiger partial charge < -0.3 is 10.4 Å². The number of hydrogen-bond donors (Lipinski definition) is 2. The van der Waals surface area contributed by atoms with Gasteiger partial charge in [-0.05, 0) is 19.4 Å². The molecule has 0 radical (unpaired) electrons. The molecule has 0 saturated carbocycles. The lowest BCUT2D eigenvalue weighted by molar-refractivity contribution is 0.159. The van der Waals surface area contributed by atoms with E-state index >= 15 is 0 Å². The minimum atomic E-state index is -0.204. The minimum absolute atomic E-state index is 0.204. The lowest BCUT2D eigenvalue weighted by Gasteiger charge is -2.08. The molecule has 0 aliphatic carbocycles. The van der Waals surface area contributed by atoms with Crippen molar-refractivity contribution < 1.29 is 5.11 Å². The van der Waals surface area contributed by atoms with Crippen LogP contribution in [0.15, 0.2) is 36.5 Å². The Morgan fingerprint density at radius 3 is 2.75 bits per heavy atom. The predicted molar refractivity (Wildman–Crippen MR) is 81.3 cm³/mol. The summed E-state index contributed by atoms with van der Waals surface area (Å²) in [5.74, 6) is 0. The van der Waals surface area contributed by atoms with Crippen molar-refractivity contribution in [1.29, 1.82) is 0 Å². The van der Waals surface area contributed by atoms with Crippen LogP contribution >= 0.6 is 0 Å². The summed E-state index contributed by atoms with van der Waals surface area (Å²) in [4.78, 5) is 0. The van der Waals surface area contributed by atoms with E-state index in [0.717, 1.165) is 37.2 Å². The van der Waals surface area contributed by atoms with Crippen molar-refractivity contribution in [2.45, 2.75) is 32.4 Å².